The molecule has 3 rings (SSSR count). The fraction of sp³-hybridized carbons (Fsp3) is 0.100. The number of hydrogen-bond donors (Lipinski definition) is 3. The van der Waals surface area contributed by atoms with Crippen molar-refractivity contribution in [2.45, 2.75) is 13.1 Å². The molecule has 0 fully saturated rings. The Morgan fingerprint density at radius 1 is 0.741 bits per heavy atom. The van der Waals surface area contributed by atoms with Crippen LogP contribution in [0.5, 0.6) is 5.75 Å². The van der Waals surface area contributed by atoms with Gasteiger partial charge in [-0.2, -0.15) is 0 Å². The first kappa shape index (κ1) is 18.1. The van der Waals surface area contributed by atoms with Crippen LogP contribution in [0.4, 0.5) is 0 Å². The van der Waals surface area contributed by atoms with Crippen molar-refractivity contribution in [3.63, 3.8) is 0 Å². The second-order valence-corrected chi connectivity index (χ2v) is 5.71. The maximum atomic E-state index is 12.4. The van der Waals surface area contributed by atoms with Crippen LogP contribution in [0.2, 0.25) is 0 Å². The van der Waals surface area contributed by atoms with Crippen molar-refractivity contribution in [2.24, 2.45) is 0 Å². The van der Waals surface area contributed by atoms with Gasteiger partial charge in [-0.1, -0.05) is 18.2 Å². The molecule has 0 aliphatic carbocycles. The number of carbonyl (C=O) groups is 2. The molecule has 0 aliphatic heterocycles. The van der Waals surface area contributed by atoms with Gasteiger partial charge in [0.25, 0.3) is 11.8 Å². The molecule has 0 aliphatic rings. The Bertz CT molecular complexity index is 857. The summed E-state index contributed by atoms with van der Waals surface area (Å²) in [6.07, 6.45) is 3.26. The van der Waals surface area contributed by atoms with Crippen LogP contribution in [-0.4, -0.2) is 26.9 Å². The van der Waals surface area contributed by atoms with E-state index in [2.05, 4.69) is 20.6 Å². The predicted octanol–water partition coefficient (Wildman–Crippen LogP) is 2.04. The quantitative estimate of drug-likeness (QED) is 0.622. The molecule has 136 valence electrons. The van der Waals surface area contributed by atoms with Crippen LogP contribution in [0.1, 0.15) is 32.1 Å². The molecule has 7 nitrogen and oxygen atoms in total. The highest BCUT2D eigenvalue weighted by atomic mass is 16.3. The van der Waals surface area contributed by atoms with E-state index in [-0.39, 0.29) is 30.0 Å². The number of para-hydroxylation sites is 1. The molecule has 0 radical (unpaired) electrons. The number of nitrogens with zero attached hydrogens (tertiary/aromatic N) is 2. The third-order valence-electron chi connectivity index (χ3n) is 3.84. The van der Waals surface area contributed by atoms with Gasteiger partial charge in [0.05, 0.1) is 35.6 Å². The highest BCUT2D eigenvalue weighted by Gasteiger charge is 2.18. The van der Waals surface area contributed by atoms with E-state index in [1.807, 2.05) is 12.1 Å². The Balaban J connectivity index is 1.67. The van der Waals surface area contributed by atoms with E-state index < -0.39 is 11.8 Å². The molecule has 3 N–H and O–H groups in total. The molecule has 2 heterocycles. The van der Waals surface area contributed by atoms with Crippen LogP contribution >= 0.6 is 0 Å². The third kappa shape index (κ3) is 4.66. The smallest absolute Gasteiger partial charge is 0.255 e. The van der Waals surface area contributed by atoms with Gasteiger partial charge in [0.2, 0.25) is 0 Å². The number of aromatic nitrogens is 2. The van der Waals surface area contributed by atoms with Gasteiger partial charge in [-0.3, -0.25) is 19.6 Å². The molecule has 0 bridgehead atoms. The molecular weight excluding hydrogens is 344 g/mol. The number of carbonyl (C=O) groups excluding carboxylic acids is 2. The third-order valence-corrected chi connectivity index (χ3v) is 3.84. The van der Waals surface area contributed by atoms with Crippen LogP contribution in [0, 0.1) is 0 Å². The fourth-order valence-electron chi connectivity index (χ4n) is 2.45. The minimum absolute atomic E-state index is 0.0245. The largest absolute Gasteiger partial charge is 0.506 e. The molecule has 0 saturated heterocycles. The summed E-state index contributed by atoms with van der Waals surface area (Å²) in [6, 6.07) is 15.2. The van der Waals surface area contributed by atoms with Crippen molar-refractivity contribution in [1.29, 1.82) is 0 Å². The molecule has 0 atom stereocenters. The number of phenols is 1. The molecular formula is C20H18N4O3. The van der Waals surface area contributed by atoms with Crippen molar-refractivity contribution < 1.29 is 14.7 Å². The van der Waals surface area contributed by atoms with Gasteiger partial charge in [0.15, 0.2) is 0 Å². The van der Waals surface area contributed by atoms with Crippen LogP contribution in [0.25, 0.3) is 0 Å². The number of aromatic hydroxyl groups is 1. The van der Waals surface area contributed by atoms with Gasteiger partial charge in [0, 0.05) is 12.4 Å². The van der Waals surface area contributed by atoms with E-state index in [4.69, 9.17) is 0 Å². The first-order valence-electron chi connectivity index (χ1n) is 8.33. The number of nitrogens with one attached hydrogen (secondary N) is 2. The highest BCUT2D eigenvalue weighted by molar-refractivity contribution is 6.03. The van der Waals surface area contributed by atoms with Crippen molar-refractivity contribution >= 4 is 11.8 Å². The summed E-state index contributed by atoms with van der Waals surface area (Å²) < 4.78 is 0. The van der Waals surface area contributed by atoms with Gasteiger partial charge in [-0.25, -0.2) is 0 Å². The van der Waals surface area contributed by atoms with E-state index in [9.17, 15) is 14.7 Å². The molecule has 0 saturated carbocycles. The second kappa shape index (κ2) is 8.57. The standard InChI is InChI=1S/C20H18N4O3/c25-18-16(19(26)23-12-14-6-1-3-10-21-14)8-5-9-17(18)20(27)24-13-15-7-2-4-11-22-15/h1-11,25H,12-13H2,(H,23,26)(H,24,27). The summed E-state index contributed by atoms with van der Waals surface area (Å²) in [7, 11) is 0. The Hall–Kier alpha value is -3.74. The summed E-state index contributed by atoms with van der Waals surface area (Å²) >= 11 is 0. The van der Waals surface area contributed by atoms with E-state index in [0.717, 1.165) is 0 Å². The number of benzene rings is 1. The average Bonchev–Trinajstić information content (AvgIpc) is 2.72. The second-order valence-electron chi connectivity index (χ2n) is 5.71. The van der Waals surface area contributed by atoms with E-state index in [0.29, 0.717) is 11.4 Å². The SMILES string of the molecule is O=C(NCc1ccccn1)c1cccc(C(=O)NCc2ccccn2)c1O. The Labute approximate surface area is 156 Å². The lowest BCUT2D eigenvalue weighted by Gasteiger charge is -2.10. The number of phenolic OH excluding ortho intramolecular Hbond substituents is 1. The first-order valence-corrected chi connectivity index (χ1v) is 8.33. The summed E-state index contributed by atoms with van der Waals surface area (Å²) in [4.78, 5) is 32.9. The first-order chi connectivity index (χ1) is 13.1. The predicted molar refractivity (Wildman–Crippen MR) is 98.9 cm³/mol. The fourth-order valence-corrected chi connectivity index (χ4v) is 2.45. The van der Waals surface area contributed by atoms with Crippen molar-refractivity contribution in [3.05, 3.63) is 89.5 Å². The Morgan fingerprint density at radius 2 is 1.22 bits per heavy atom. The van der Waals surface area contributed by atoms with Crippen LogP contribution < -0.4 is 10.6 Å². The molecule has 0 unspecified atom stereocenters. The van der Waals surface area contributed by atoms with Crippen LogP contribution in [0.3, 0.4) is 0 Å². The van der Waals surface area contributed by atoms with Gasteiger partial charge in [-0.05, 0) is 36.4 Å². The Kier molecular flexibility index (Phi) is 5.73. The molecule has 1 aromatic carbocycles. The zero-order valence-corrected chi connectivity index (χ0v) is 14.4. The summed E-state index contributed by atoms with van der Waals surface area (Å²) in [6.45, 7) is 0.435. The molecule has 3 aromatic rings. The summed E-state index contributed by atoms with van der Waals surface area (Å²) in [5.74, 6) is -1.34. The lowest BCUT2D eigenvalue weighted by Crippen LogP contribution is -2.26. The molecule has 2 aromatic heterocycles. The van der Waals surface area contributed by atoms with Crippen molar-refractivity contribution in [2.75, 3.05) is 0 Å². The lowest BCUT2D eigenvalue weighted by atomic mass is 10.1. The molecule has 7 heteroatoms. The van der Waals surface area contributed by atoms with Gasteiger partial charge in [0.1, 0.15) is 5.75 Å². The van der Waals surface area contributed by atoms with Crippen LogP contribution in [-0.2, 0) is 13.1 Å². The summed E-state index contributed by atoms with van der Waals surface area (Å²) in [5.41, 5.74) is 1.43. The highest BCUT2D eigenvalue weighted by Crippen LogP contribution is 2.22. The zero-order valence-electron chi connectivity index (χ0n) is 14.4. The minimum Gasteiger partial charge on any atom is -0.506 e. The zero-order chi connectivity index (χ0) is 19.1. The topological polar surface area (TPSA) is 104 Å². The monoisotopic (exact) mass is 362 g/mol. The number of pyridine rings is 2. The number of amides is 2. The molecule has 27 heavy (non-hydrogen) atoms. The van der Waals surface area contributed by atoms with E-state index in [1.54, 1.807) is 42.7 Å². The van der Waals surface area contributed by atoms with Crippen molar-refractivity contribution in [1.82, 2.24) is 20.6 Å². The van der Waals surface area contributed by atoms with Crippen molar-refractivity contribution in [3.8, 4) is 5.75 Å². The Morgan fingerprint density at radius 3 is 1.63 bits per heavy atom. The lowest BCUT2D eigenvalue weighted by molar-refractivity contribution is 0.0945. The maximum absolute atomic E-state index is 12.4. The van der Waals surface area contributed by atoms with Gasteiger partial charge in [-0.15, -0.1) is 0 Å². The van der Waals surface area contributed by atoms with E-state index >= 15 is 0 Å². The summed E-state index contributed by atoms with van der Waals surface area (Å²) in [5, 5.41) is 15.7. The number of hydrogen-bond acceptors (Lipinski definition) is 5. The normalized spacial score (nSPS) is 10.2. The van der Waals surface area contributed by atoms with E-state index in [1.165, 1.54) is 12.1 Å². The van der Waals surface area contributed by atoms with Gasteiger partial charge < -0.3 is 15.7 Å². The maximum Gasteiger partial charge on any atom is 0.255 e. The number of rotatable bonds is 6. The average molecular weight is 362 g/mol. The minimum atomic E-state index is -0.488. The van der Waals surface area contributed by atoms with Gasteiger partial charge >= 0.3 is 0 Å². The molecule has 2 amide bonds. The van der Waals surface area contributed by atoms with Crippen LogP contribution in [0.15, 0.2) is 67.0 Å². The molecule has 0 spiro atoms.